The zero-order valence-electron chi connectivity index (χ0n) is 14.4. The fourth-order valence-corrected chi connectivity index (χ4v) is 3.01. The van der Waals surface area contributed by atoms with Crippen molar-refractivity contribution >= 4 is 17.3 Å². The predicted octanol–water partition coefficient (Wildman–Crippen LogP) is 2.48. The molecular weight excluding hydrogens is 304 g/mol. The number of allylic oxidation sites excluding steroid dienone is 4. The third-order valence-electron chi connectivity index (χ3n) is 4.50. The van der Waals surface area contributed by atoms with Gasteiger partial charge in [-0.3, -0.25) is 4.79 Å². The van der Waals surface area contributed by atoms with Crippen molar-refractivity contribution in [2.24, 2.45) is 0 Å². The summed E-state index contributed by atoms with van der Waals surface area (Å²) >= 11 is 0. The van der Waals surface area contributed by atoms with Crippen LogP contribution in [0, 0.1) is 0 Å². The van der Waals surface area contributed by atoms with E-state index in [4.69, 9.17) is 0 Å². The summed E-state index contributed by atoms with van der Waals surface area (Å²) in [5.41, 5.74) is 4.97. The fraction of sp³-hybridized carbons (Fsp3) is 0.389. The lowest BCUT2D eigenvalue weighted by molar-refractivity contribution is -0.116. The zero-order valence-corrected chi connectivity index (χ0v) is 14.4. The third-order valence-corrected chi connectivity index (χ3v) is 4.50. The number of aliphatic hydroxyl groups is 1. The Morgan fingerprint density at radius 1 is 1.46 bits per heavy atom. The monoisotopic (exact) mass is 328 g/mol. The Bertz CT molecular complexity index is 807. The van der Waals surface area contributed by atoms with Gasteiger partial charge in [0.1, 0.15) is 12.6 Å². The van der Waals surface area contributed by atoms with Crippen LogP contribution >= 0.6 is 0 Å². The van der Waals surface area contributed by atoms with Crippen LogP contribution in [0.25, 0.3) is 11.4 Å². The molecule has 0 saturated heterocycles. The fourth-order valence-electron chi connectivity index (χ4n) is 3.01. The first kappa shape index (κ1) is 16.4. The number of nitrogens with zero attached hydrogens (tertiary/aromatic N) is 3. The number of carbonyl (C=O) groups is 1. The summed E-state index contributed by atoms with van der Waals surface area (Å²) in [6, 6.07) is 0. The molecule has 6 nitrogen and oxygen atoms in total. The summed E-state index contributed by atoms with van der Waals surface area (Å²) in [4.78, 5) is 18.0. The molecule has 3 rings (SSSR count). The summed E-state index contributed by atoms with van der Waals surface area (Å²) in [6.45, 7) is 10.4. The van der Waals surface area contributed by atoms with Crippen LogP contribution < -0.4 is 5.32 Å². The maximum absolute atomic E-state index is 12.0. The van der Waals surface area contributed by atoms with Gasteiger partial charge in [0.05, 0.1) is 11.4 Å². The topological polar surface area (TPSA) is 64.1 Å². The van der Waals surface area contributed by atoms with Crippen LogP contribution in [0.1, 0.15) is 33.6 Å². The molecular formula is C18H24N4O2. The maximum atomic E-state index is 12.0. The number of hydrogen-bond donors (Lipinski definition) is 2. The van der Waals surface area contributed by atoms with E-state index in [1.54, 1.807) is 0 Å². The van der Waals surface area contributed by atoms with Crippen molar-refractivity contribution in [3.05, 3.63) is 47.7 Å². The second-order valence-corrected chi connectivity index (χ2v) is 6.24. The molecule has 1 aromatic rings. The van der Waals surface area contributed by atoms with Crippen LogP contribution in [0.2, 0.25) is 0 Å². The Hall–Kier alpha value is -2.47. The summed E-state index contributed by atoms with van der Waals surface area (Å²) in [6.07, 6.45) is 8.17. The van der Waals surface area contributed by atoms with Gasteiger partial charge in [0, 0.05) is 12.0 Å². The first-order valence-electron chi connectivity index (χ1n) is 8.24. The summed E-state index contributed by atoms with van der Waals surface area (Å²) in [5, 5.41) is 13.0. The van der Waals surface area contributed by atoms with Gasteiger partial charge in [-0.25, -0.2) is 0 Å². The van der Waals surface area contributed by atoms with Crippen LogP contribution in [0.15, 0.2) is 47.7 Å². The number of aliphatic hydroxyl groups excluding tert-OH is 1. The van der Waals surface area contributed by atoms with E-state index in [2.05, 4.69) is 25.7 Å². The van der Waals surface area contributed by atoms with Crippen molar-refractivity contribution in [2.75, 3.05) is 0 Å². The molecule has 6 heteroatoms. The first-order valence-corrected chi connectivity index (χ1v) is 8.24. The standard InChI is InChI=1S/C18H24N4O2/c1-5-7-14(18(24)19-6-2)10-15-11-20-21(15)22(20)16-8-12(3)13(4)9-17(16)23/h6-8,10,17,23H,2,5,9,11H2,1,3-4H3,(H,19,24)/b14-7+,15-10+. The second-order valence-electron chi connectivity index (χ2n) is 6.24. The van der Waals surface area contributed by atoms with Crippen LogP contribution in [0.5, 0.6) is 0 Å². The van der Waals surface area contributed by atoms with Crippen molar-refractivity contribution < 1.29 is 9.90 Å². The minimum atomic E-state index is -0.490. The zero-order chi connectivity index (χ0) is 17.4. The predicted molar refractivity (Wildman–Crippen MR) is 94.7 cm³/mol. The van der Waals surface area contributed by atoms with Crippen molar-refractivity contribution in [3.63, 3.8) is 0 Å². The number of nitrogens with one attached hydrogen (secondary N) is 1. The highest BCUT2D eigenvalue weighted by Gasteiger charge is 2.37. The Balaban J connectivity index is 1.84. The average Bonchev–Trinajstić information content (AvgIpc) is 3.12. The van der Waals surface area contributed by atoms with Gasteiger partial charge in [-0.2, -0.15) is 14.4 Å². The van der Waals surface area contributed by atoms with Gasteiger partial charge in [0.15, 0.2) is 0 Å². The van der Waals surface area contributed by atoms with Gasteiger partial charge in [-0.15, -0.1) is 0 Å². The molecule has 2 aliphatic rings. The molecule has 128 valence electrons. The largest absolute Gasteiger partial charge is 0.386 e. The van der Waals surface area contributed by atoms with E-state index in [0.29, 0.717) is 12.0 Å². The van der Waals surface area contributed by atoms with Crippen molar-refractivity contribution in [1.29, 1.82) is 0 Å². The second kappa shape index (κ2) is 6.20. The highest BCUT2D eigenvalue weighted by atomic mass is 16.3. The highest BCUT2D eigenvalue weighted by Crippen LogP contribution is 2.35. The van der Waals surface area contributed by atoms with Gasteiger partial charge < -0.3 is 10.4 Å². The molecule has 0 bridgehead atoms. The van der Waals surface area contributed by atoms with E-state index in [0.717, 1.165) is 24.4 Å². The maximum Gasteiger partial charge on any atom is 0.254 e. The van der Waals surface area contributed by atoms with E-state index in [1.807, 2.05) is 39.5 Å². The van der Waals surface area contributed by atoms with Crippen LogP contribution in [0.4, 0.5) is 0 Å². The highest BCUT2D eigenvalue weighted by molar-refractivity contribution is 5.98. The normalized spacial score (nSPS) is 22.3. The molecule has 2 N–H and O–H groups in total. The minimum Gasteiger partial charge on any atom is -0.386 e. The van der Waals surface area contributed by atoms with Crippen LogP contribution in [-0.2, 0) is 11.3 Å². The van der Waals surface area contributed by atoms with Gasteiger partial charge in [-0.1, -0.05) is 30.7 Å². The summed E-state index contributed by atoms with van der Waals surface area (Å²) in [7, 11) is 0. The molecule has 0 radical (unpaired) electrons. The Morgan fingerprint density at radius 3 is 2.88 bits per heavy atom. The van der Waals surface area contributed by atoms with E-state index in [9.17, 15) is 9.90 Å². The Morgan fingerprint density at radius 2 is 2.21 bits per heavy atom. The number of amides is 1. The molecule has 1 aliphatic carbocycles. The Labute approximate surface area is 141 Å². The molecule has 1 atom stereocenters. The molecule has 0 aromatic carbocycles. The average molecular weight is 328 g/mol. The molecule has 1 unspecified atom stereocenters. The van der Waals surface area contributed by atoms with E-state index >= 15 is 0 Å². The molecule has 0 spiro atoms. The molecule has 1 amide bonds. The SMILES string of the molecule is C=CNC(=O)C(=C/CC)/C=C1\Cn2n(C3=CC(C)=C(C)CC3O)n21. The van der Waals surface area contributed by atoms with Gasteiger partial charge in [-0.05, 0) is 38.6 Å². The van der Waals surface area contributed by atoms with E-state index in [-0.39, 0.29) is 5.91 Å². The van der Waals surface area contributed by atoms with Crippen molar-refractivity contribution in [3.8, 4) is 0 Å². The van der Waals surface area contributed by atoms with E-state index in [1.165, 1.54) is 17.3 Å². The molecule has 0 saturated carbocycles. The van der Waals surface area contributed by atoms with Gasteiger partial charge >= 0.3 is 0 Å². The number of aromatic nitrogens is 3. The molecule has 24 heavy (non-hydrogen) atoms. The van der Waals surface area contributed by atoms with Crippen LogP contribution in [-0.4, -0.2) is 31.5 Å². The Kier molecular flexibility index (Phi) is 4.24. The quantitative estimate of drug-likeness (QED) is 0.816. The lowest BCUT2D eigenvalue weighted by atomic mass is 9.96. The van der Waals surface area contributed by atoms with Crippen LogP contribution in [0.3, 0.4) is 0 Å². The molecule has 1 aromatic heterocycles. The molecule has 0 fully saturated rings. The van der Waals surface area contributed by atoms with Crippen molar-refractivity contribution in [2.45, 2.75) is 46.3 Å². The lowest BCUT2D eigenvalue weighted by Crippen LogP contribution is -2.19. The summed E-state index contributed by atoms with van der Waals surface area (Å²) < 4.78 is 0. The van der Waals surface area contributed by atoms with Crippen molar-refractivity contribution in [1.82, 2.24) is 19.7 Å². The molecule has 2 heterocycles. The number of carbonyl (C=O) groups excluding carboxylic acids is 1. The van der Waals surface area contributed by atoms with Gasteiger partial charge in [0.25, 0.3) is 5.91 Å². The smallest absolute Gasteiger partial charge is 0.254 e. The third kappa shape index (κ3) is 2.73. The van der Waals surface area contributed by atoms with Gasteiger partial charge in [0.2, 0.25) is 0 Å². The number of fused-ring (bicyclic) bond motifs is 1. The minimum absolute atomic E-state index is 0.155. The number of rotatable bonds is 5. The molecule has 1 aliphatic heterocycles. The first-order chi connectivity index (χ1) is 11.5. The summed E-state index contributed by atoms with van der Waals surface area (Å²) in [5.74, 6) is -0.155. The van der Waals surface area contributed by atoms with E-state index < -0.39 is 6.10 Å². The number of hydrogen-bond acceptors (Lipinski definition) is 2. The lowest BCUT2D eigenvalue weighted by Gasteiger charge is -2.18.